The molecule has 6 nitrogen and oxygen atoms in total. The van der Waals surface area contributed by atoms with Crippen LogP contribution in [-0.2, 0) is 11.2 Å². The summed E-state index contributed by atoms with van der Waals surface area (Å²) in [4.78, 5) is 25.1. The quantitative estimate of drug-likeness (QED) is 0.660. The molecule has 0 aliphatic heterocycles. The Labute approximate surface area is 163 Å². The molecule has 28 heavy (non-hydrogen) atoms. The van der Waals surface area contributed by atoms with Crippen molar-refractivity contribution in [1.82, 2.24) is 4.57 Å². The van der Waals surface area contributed by atoms with Gasteiger partial charge in [0.2, 0.25) is 5.91 Å². The molecule has 0 aliphatic carbocycles. The first-order valence-corrected chi connectivity index (χ1v) is 9.21. The molecule has 6 heteroatoms. The zero-order chi connectivity index (χ0) is 20.1. The zero-order valence-electron chi connectivity index (χ0n) is 16.0. The van der Waals surface area contributed by atoms with E-state index in [4.69, 9.17) is 4.74 Å². The number of benzene rings is 2. The number of nitrogens with one attached hydrogen (secondary N) is 1. The van der Waals surface area contributed by atoms with Gasteiger partial charge in [-0.05, 0) is 43.2 Å². The smallest absolute Gasteiger partial charge is 0.258 e. The molecule has 0 bridgehead atoms. The highest BCUT2D eigenvalue weighted by atomic mass is 16.5. The Balaban J connectivity index is 1.79. The Morgan fingerprint density at radius 1 is 1.14 bits per heavy atom. The van der Waals surface area contributed by atoms with Crippen LogP contribution in [0.1, 0.15) is 24.9 Å². The third kappa shape index (κ3) is 4.07. The van der Waals surface area contributed by atoms with Crippen LogP contribution in [0.4, 0.5) is 5.69 Å². The van der Waals surface area contributed by atoms with Gasteiger partial charge in [0.1, 0.15) is 5.75 Å². The standard InChI is InChI=1S/C22H24N2O4/c1-15(14-25)24-13-12-17-18(22(24)27)7-5-8-19(17)23-21(26)11-10-16-6-3-4-9-20(16)28-2/h3-9,12-13,15,25H,10-11,14H2,1-2H3,(H,23,26). The lowest BCUT2D eigenvalue weighted by atomic mass is 10.1. The first-order valence-electron chi connectivity index (χ1n) is 9.21. The topological polar surface area (TPSA) is 80.6 Å². The van der Waals surface area contributed by atoms with Crippen LogP contribution in [-0.4, -0.2) is 29.3 Å². The Hall–Kier alpha value is -3.12. The summed E-state index contributed by atoms with van der Waals surface area (Å²) < 4.78 is 6.82. The van der Waals surface area contributed by atoms with Gasteiger partial charge in [0.05, 0.1) is 19.8 Å². The molecule has 0 radical (unpaired) electrons. The summed E-state index contributed by atoms with van der Waals surface area (Å²) in [6, 6.07) is 14.3. The number of aliphatic hydroxyl groups excluding tert-OH is 1. The normalized spacial score (nSPS) is 12.0. The number of aliphatic hydroxyl groups is 1. The van der Waals surface area contributed by atoms with Crippen molar-refractivity contribution in [3.8, 4) is 5.75 Å². The monoisotopic (exact) mass is 380 g/mol. The highest BCUT2D eigenvalue weighted by Crippen LogP contribution is 2.23. The van der Waals surface area contributed by atoms with Crippen molar-refractivity contribution < 1.29 is 14.6 Å². The minimum Gasteiger partial charge on any atom is -0.496 e. The number of methoxy groups -OCH3 is 1. The summed E-state index contributed by atoms with van der Waals surface area (Å²) >= 11 is 0. The van der Waals surface area contributed by atoms with E-state index in [0.717, 1.165) is 11.3 Å². The van der Waals surface area contributed by atoms with Gasteiger partial charge in [-0.15, -0.1) is 0 Å². The van der Waals surface area contributed by atoms with E-state index >= 15 is 0 Å². The number of anilines is 1. The lowest BCUT2D eigenvalue weighted by Gasteiger charge is -2.15. The summed E-state index contributed by atoms with van der Waals surface area (Å²) in [7, 11) is 1.61. The minimum absolute atomic E-state index is 0.120. The summed E-state index contributed by atoms with van der Waals surface area (Å²) in [5, 5.41) is 13.4. The van der Waals surface area contributed by atoms with Crippen LogP contribution in [0.5, 0.6) is 5.75 Å². The van der Waals surface area contributed by atoms with Crippen molar-refractivity contribution in [1.29, 1.82) is 0 Å². The number of hydrogen-bond donors (Lipinski definition) is 2. The molecular formula is C22H24N2O4. The van der Waals surface area contributed by atoms with Crippen LogP contribution in [0.25, 0.3) is 10.8 Å². The number of nitrogens with zero attached hydrogens (tertiary/aromatic N) is 1. The predicted octanol–water partition coefficient (Wildman–Crippen LogP) is 3.13. The van der Waals surface area contributed by atoms with E-state index in [1.165, 1.54) is 4.57 Å². The van der Waals surface area contributed by atoms with Crippen LogP contribution >= 0.6 is 0 Å². The number of fused-ring (bicyclic) bond motifs is 1. The van der Waals surface area contributed by atoms with Gasteiger partial charge in [0, 0.05) is 29.1 Å². The van der Waals surface area contributed by atoms with E-state index in [2.05, 4.69) is 5.32 Å². The second-order valence-electron chi connectivity index (χ2n) is 6.69. The molecule has 0 spiro atoms. The fraction of sp³-hybridized carbons (Fsp3) is 0.273. The van der Waals surface area contributed by atoms with E-state index in [0.29, 0.717) is 29.3 Å². The lowest BCUT2D eigenvalue weighted by Crippen LogP contribution is -2.25. The number of pyridine rings is 1. The average Bonchev–Trinajstić information content (AvgIpc) is 2.72. The Morgan fingerprint density at radius 2 is 1.93 bits per heavy atom. The van der Waals surface area contributed by atoms with E-state index in [9.17, 15) is 14.7 Å². The van der Waals surface area contributed by atoms with Crippen molar-refractivity contribution in [2.24, 2.45) is 0 Å². The summed E-state index contributed by atoms with van der Waals surface area (Å²) in [5.74, 6) is 0.630. The van der Waals surface area contributed by atoms with E-state index in [1.807, 2.05) is 24.3 Å². The molecule has 2 aromatic carbocycles. The van der Waals surface area contributed by atoms with Crippen molar-refractivity contribution in [2.45, 2.75) is 25.8 Å². The molecule has 1 atom stereocenters. The molecule has 0 saturated carbocycles. The fourth-order valence-electron chi connectivity index (χ4n) is 3.21. The molecule has 3 aromatic rings. The van der Waals surface area contributed by atoms with Crippen molar-refractivity contribution in [2.75, 3.05) is 19.0 Å². The molecule has 1 unspecified atom stereocenters. The van der Waals surface area contributed by atoms with E-state index in [-0.39, 0.29) is 24.1 Å². The van der Waals surface area contributed by atoms with Gasteiger partial charge in [-0.2, -0.15) is 0 Å². The highest BCUT2D eigenvalue weighted by Gasteiger charge is 2.12. The summed E-state index contributed by atoms with van der Waals surface area (Å²) in [6.45, 7) is 1.65. The van der Waals surface area contributed by atoms with Crippen molar-refractivity contribution >= 4 is 22.4 Å². The molecule has 2 N–H and O–H groups in total. The Morgan fingerprint density at radius 3 is 2.68 bits per heavy atom. The maximum absolute atomic E-state index is 12.7. The van der Waals surface area contributed by atoms with Gasteiger partial charge in [-0.3, -0.25) is 9.59 Å². The number of carbonyl (C=O) groups excluding carboxylic acids is 1. The lowest BCUT2D eigenvalue weighted by molar-refractivity contribution is -0.116. The number of ether oxygens (including phenoxy) is 1. The second kappa shape index (κ2) is 8.71. The van der Waals surface area contributed by atoms with E-state index < -0.39 is 0 Å². The highest BCUT2D eigenvalue weighted by molar-refractivity contribution is 6.01. The molecule has 1 aromatic heterocycles. The average molecular weight is 380 g/mol. The van der Waals surface area contributed by atoms with Crippen LogP contribution in [0.3, 0.4) is 0 Å². The maximum Gasteiger partial charge on any atom is 0.258 e. The van der Waals surface area contributed by atoms with E-state index in [1.54, 1.807) is 44.5 Å². The van der Waals surface area contributed by atoms with Crippen molar-refractivity contribution in [3.05, 3.63) is 70.6 Å². The second-order valence-corrected chi connectivity index (χ2v) is 6.69. The molecule has 0 aliphatic rings. The molecular weight excluding hydrogens is 356 g/mol. The zero-order valence-corrected chi connectivity index (χ0v) is 16.0. The predicted molar refractivity (Wildman–Crippen MR) is 110 cm³/mol. The fourth-order valence-corrected chi connectivity index (χ4v) is 3.21. The molecule has 1 amide bonds. The number of hydrogen-bond acceptors (Lipinski definition) is 4. The minimum atomic E-state index is -0.309. The SMILES string of the molecule is COc1ccccc1CCC(=O)Nc1cccc2c(=O)n(C(C)CO)ccc12. The van der Waals surface area contributed by atoms with Gasteiger partial charge in [0.25, 0.3) is 5.56 Å². The van der Waals surface area contributed by atoms with Crippen LogP contribution in [0.2, 0.25) is 0 Å². The van der Waals surface area contributed by atoms with Gasteiger partial charge in [0.15, 0.2) is 0 Å². The van der Waals surface area contributed by atoms with Gasteiger partial charge in [-0.1, -0.05) is 24.3 Å². The molecule has 0 fully saturated rings. The third-order valence-corrected chi connectivity index (χ3v) is 4.80. The van der Waals surface area contributed by atoms with Crippen LogP contribution < -0.4 is 15.6 Å². The first kappa shape index (κ1) is 19.6. The number of aromatic nitrogens is 1. The number of aryl methyl sites for hydroxylation is 1. The van der Waals surface area contributed by atoms with Crippen LogP contribution in [0, 0.1) is 0 Å². The summed E-state index contributed by atoms with van der Waals surface area (Å²) in [6.07, 6.45) is 2.51. The third-order valence-electron chi connectivity index (χ3n) is 4.80. The Kier molecular flexibility index (Phi) is 6.11. The maximum atomic E-state index is 12.7. The van der Waals surface area contributed by atoms with Crippen LogP contribution in [0.15, 0.2) is 59.5 Å². The first-order chi connectivity index (χ1) is 13.5. The number of para-hydroxylation sites is 1. The van der Waals surface area contributed by atoms with Gasteiger partial charge < -0.3 is 19.7 Å². The molecule has 3 rings (SSSR count). The largest absolute Gasteiger partial charge is 0.496 e. The number of amides is 1. The summed E-state index contributed by atoms with van der Waals surface area (Å²) in [5.41, 5.74) is 1.38. The number of carbonyl (C=O) groups is 1. The number of rotatable bonds is 7. The van der Waals surface area contributed by atoms with Gasteiger partial charge in [-0.25, -0.2) is 0 Å². The van der Waals surface area contributed by atoms with Crippen molar-refractivity contribution in [3.63, 3.8) is 0 Å². The molecule has 1 heterocycles. The molecule has 0 saturated heterocycles. The Bertz CT molecular complexity index is 1040. The van der Waals surface area contributed by atoms with Gasteiger partial charge >= 0.3 is 0 Å². The molecule has 146 valence electrons.